The monoisotopic (exact) mass is 239 g/mol. The van der Waals surface area contributed by atoms with Crippen LogP contribution in [0.3, 0.4) is 0 Å². The molecule has 2 aromatic rings. The summed E-state index contributed by atoms with van der Waals surface area (Å²) in [5.41, 5.74) is 0. The molecule has 4 heteroatoms. The van der Waals surface area contributed by atoms with Gasteiger partial charge in [0.2, 0.25) is 0 Å². The van der Waals surface area contributed by atoms with E-state index in [-0.39, 0.29) is 0 Å². The summed E-state index contributed by atoms with van der Waals surface area (Å²) in [6.07, 6.45) is 2.96. The molecule has 0 amide bonds. The van der Waals surface area contributed by atoms with E-state index in [9.17, 15) is 0 Å². The number of hydrogen-bond acceptors (Lipinski definition) is 3. The first kappa shape index (κ1) is 8.31. The van der Waals surface area contributed by atoms with E-state index in [1.807, 2.05) is 24.3 Å². The van der Waals surface area contributed by atoms with Crippen LogP contribution in [0.1, 0.15) is 0 Å². The fourth-order valence-corrected chi connectivity index (χ4v) is 1.15. The van der Waals surface area contributed by atoms with Gasteiger partial charge < -0.3 is 9.26 Å². The van der Waals surface area contributed by atoms with Gasteiger partial charge in [0.1, 0.15) is 11.9 Å². The zero-order valence-corrected chi connectivity index (χ0v) is 8.19. The maximum absolute atomic E-state index is 5.40. The molecule has 0 aliphatic carbocycles. The Morgan fingerprint density at radius 2 is 1.92 bits per heavy atom. The first-order chi connectivity index (χ1) is 6.34. The standard InChI is InChI=1S/C9H6BrNO2/c10-7-1-3-8(4-2-7)13-9-5-11-12-6-9/h1-6H. The van der Waals surface area contributed by atoms with Gasteiger partial charge in [-0.3, -0.25) is 0 Å². The second-order valence-corrected chi connectivity index (χ2v) is 3.33. The summed E-state index contributed by atoms with van der Waals surface area (Å²) in [5.74, 6) is 1.36. The first-order valence-corrected chi connectivity index (χ1v) is 4.47. The van der Waals surface area contributed by atoms with E-state index in [0.29, 0.717) is 5.75 Å². The number of halogens is 1. The van der Waals surface area contributed by atoms with Crippen LogP contribution in [0.25, 0.3) is 0 Å². The summed E-state index contributed by atoms with van der Waals surface area (Å²) in [7, 11) is 0. The maximum Gasteiger partial charge on any atom is 0.186 e. The highest BCUT2D eigenvalue weighted by molar-refractivity contribution is 9.10. The molecule has 0 atom stereocenters. The Morgan fingerprint density at radius 1 is 1.15 bits per heavy atom. The van der Waals surface area contributed by atoms with E-state index >= 15 is 0 Å². The summed E-state index contributed by atoms with van der Waals surface area (Å²) in [5, 5.41) is 3.53. The highest BCUT2D eigenvalue weighted by Crippen LogP contribution is 2.22. The molecule has 0 aliphatic rings. The van der Waals surface area contributed by atoms with Gasteiger partial charge >= 0.3 is 0 Å². The topological polar surface area (TPSA) is 35.3 Å². The van der Waals surface area contributed by atoms with Gasteiger partial charge in [0, 0.05) is 4.47 Å². The fourth-order valence-electron chi connectivity index (χ4n) is 0.884. The molecule has 0 fully saturated rings. The molecule has 3 nitrogen and oxygen atoms in total. The van der Waals surface area contributed by atoms with Crippen LogP contribution in [0.2, 0.25) is 0 Å². The quantitative estimate of drug-likeness (QED) is 0.808. The van der Waals surface area contributed by atoms with Crippen molar-refractivity contribution in [3.05, 3.63) is 41.2 Å². The van der Waals surface area contributed by atoms with Crippen LogP contribution in [-0.4, -0.2) is 5.16 Å². The van der Waals surface area contributed by atoms with E-state index in [4.69, 9.17) is 4.74 Å². The number of aromatic nitrogens is 1. The zero-order valence-electron chi connectivity index (χ0n) is 6.61. The second kappa shape index (κ2) is 3.62. The minimum Gasteiger partial charge on any atom is -0.452 e. The molecule has 13 heavy (non-hydrogen) atoms. The molecule has 0 bridgehead atoms. The third-order valence-electron chi connectivity index (χ3n) is 1.46. The molecular weight excluding hydrogens is 234 g/mol. The van der Waals surface area contributed by atoms with Gasteiger partial charge in [0.15, 0.2) is 12.0 Å². The van der Waals surface area contributed by atoms with E-state index in [1.165, 1.54) is 12.5 Å². The molecule has 0 N–H and O–H groups in total. The average Bonchev–Trinajstić information content (AvgIpc) is 2.62. The fraction of sp³-hybridized carbons (Fsp3) is 0. The average molecular weight is 240 g/mol. The lowest BCUT2D eigenvalue weighted by Gasteiger charge is -2.00. The Balaban J connectivity index is 2.15. The van der Waals surface area contributed by atoms with Gasteiger partial charge in [0.25, 0.3) is 0 Å². The van der Waals surface area contributed by atoms with Crippen molar-refractivity contribution < 1.29 is 9.26 Å². The molecule has 0 radical (unpaired) electrons. The van der Waals surface area contributed by atoms with Crippen molar-refractivity contribution in [1.29, 1.82) is 0 Å². The van der Waals surface area contributed by atoms with Gasteiger partial charge in [-0.25, -0.2) is 0 Å². The van der Waals surface area contributed by atoms with Crippen LogP contribution in [0.15, 0.2) is 45.7 Å². The van der Waals surface area contributed by atoms with Gasteiger partial charge in [0.05, 0.1) is 0 Å². The van der Waals surface area contributed by atoms with Gasteiger partial charge in [-0.2, -0.15) is 0 Å². The normalized spacial score (nSPS) is 9.92. The van der Waals surface area contributed by atoms with Gasteiger partial charge in [-0.1, -0.05) is 21.1 Å². The lowest BCUT2D eigenvalue weighted by Crippen LogP contribution is -1.80. The van der Waals surface area contributed by atoms with Crippen LogP contribution in [0, 0.1) is 0 Å². The Bertz CT molecular complexity index is 369. The molecule has 0 aliphatic heterocycles. The number of ether oxygens (including phenoxy) is 1. The van der Waals surface area contributed by atoms with Crippen LogP contribution < -0.4 is 4.74 Å². The molecule has 1 aromatic heterocycles. The third-order valence-corrected chi connectivity index (χ3v) is 1.99. The minimum absolute atomic E-state index is 0.599. The number of nitrogens with zero attached hydrogens (tertiary/aromatic N) is 1. The minimum atomic E-state index is 0.599. The first-order valence-electron chi connectivity index (χ1n) is 3.67. The van der Waals surface area contributed by atoms with Crippen molar-refractivity contribution in [3.63, 3.8) is 0 Å². The smallest absolute Gasteiger partial charge is 0.186 e. The molecule has 1 aromatic carbocycles. The SMILES string of the molecule is Brc1ccc(Oc2cnoc2)cc1. The summed E-state index contributed by atoms with van der Waals surface area (Å²) >= 11 is 3.34. The third kappa shape index (κ3) is 2.09. The molecule has 0 unspecified atom stereocenters. The number of rotatable bonds is 2. The van der Waals surface area contributed by atoms with Crippen molar-refractivity contribution in [2.45, 2.75) is 0 Å². The van der Waals surface area contributed by atoms with Crippen molar-refractivity contribution in [1.82, 2.24) is 5.16 Å². The Hall–Kier alpha value is -1.29. The number of hydrogen-bond donors (Lipinski definition) is 0. The van der Waals surface area contributed by atoms with E-state index in [2.05, 4.69) is 25.6 Å². The van der Waals surface area contributed by atoms with Gasteiger partial charge in [-0.05, 0) is 24.3 Å². The van der Waals surface area contributed by atoms with Crippen molar-refractivity contribution in [2.75, 3.05) is 0 Å². The summed E-state index contributed by atoms with van der Waals surface area (Å²) in [4.78, 5) is 0. The Morgan fingerprint density at radius 3 is 2.54 bits per heavy atom. The molecule has 0 saturated carbocycles. The highest BCUT2D eigenvalue weighted by Gasteiger charge is 1.98. The lowest BCUT2D eigenvalue weighted by molar-refractivity contribution is 0.410. The molecule has 0 spiro atoms. The predicted octanol–water partition coefficient (Wildman–Crippen LogP) is 3.23. The molecule has 2 rings (SSSR count). The van der Waals surface area contributed by atoms with Gasteiger partial charge in [-0.15, -0.1) is 0 Å². The Kier molecular flexibility index (Phi) is 2.31. The predicted molar refractivity (Wildman–Crippen MR) is 50.7 cm³/mol. The van der Waals surface area contributed by atoms with Crippen LogP contribution in [-0.2, 0) is 0 Å². The Labute approximate surface area is 83.4 Å². The molecular formula is C9H6BrNO2. The zero-order chi connectivity index (χ0) is 9.10. The summed E-state index contributed by atoms with van der Waals surface area (Å²) in [6, 6.07) is 7.53. The van der Waals surface area contributed by atoms with Crippen LogP contribution in [0.4, 0.5) is 0 Å². The van der Waals surface area contributed by atoms with E-state index in [1.54, 1.807) is 0 Å². The van der Waals surface area contributed by atoms with Crippen molar-refractivity contribution in [2.24, 2.45) is 0 Å². The summed E-state index contributed by atoms with van der Waals surface area (Å²) < 4.78 is 11.0. The van der Waals surface area contributed by atoms with E-state index < -0.39 is 0 Å². The molecule has 1 heterocycles. The van der Waals surface area contributed by atoms with Crippen LogP contribution in [0.5, 0.6) is 11.5 Å². The van der Waals surface area contributed by atoms with E-state index in [0.717, 1.165) is 10.2 Å². The molecule has 0 saturated heterocycles. The highest BCUT2D eigenvalue weighted by atomic mass is 79.9. The van der Waals surface area contributed by atoms with Crippen molar-refractivity contribution in [3.8, 4) is 11.5 Å². The lowest BCUT2D eigenvalue weighted by atomic mass is 10.3. The van der Waals surface area contributed by atoms with Crippen LogP contribution >= 0.6 is 15.9 Å². The number of benzene rings is 1. The largest absolute Gasteiger partial charge is 0.452 e. The summed E-state index contributed by atoms with van der Waals surface area (Å²) in [6.45, 7) is 0. The molecule has 66 valence electrons. The maximum atomic E-state index is 5.40. The second-order valence-electron chi connectivity index (χ2n) is 2.42. The van der Waals surface area contributed by atoms with Crippen molar-refractivity contribution >= 4 is 15.9 Å².